The van der Waals surface area contributed by atoms with Gasteiger partial charge in [-0.15, -0.1) is 0 Å². The molecule has 1 aromatic carbocycles. The Morgan fingerprint density at radius 1 is 1.19 bits per heavy atom. The molecule has 1 aliphatic rings. The summed E-state index contributed by atoms with van der Waals surface area (Å²) >= 11 is 6.25. The van der Waals surface area contributed by atoms with Crippen LogP contribution in [0.5, 0.6) is 0 Å². The third-order valence-electron chi connectivity index (χ3n) is 4.99. The van der Waals surface area contributed by atoms with Crippen molar-refractivity contribution in [3.63, 3.8) is 0 Å². The van der Waals surface area contributed by atoms with E-state index in [2.05, 4.69) is 49.2 Å². The van der Waals surface area contributed by atoms with Crippen molar-refractivity contribution in [2.75, 3.05) is 19.6 Å². The molecule has 1 unspecified atom stereocenters. The lowest BCUT2D eigenvalue weighted by molar-refractivity contribution is 0.0632. The Kier molecular flexibility index (Phi) is 6.09. The fourth-order valence-corrected chi connectivity index (χ4v) is 4.34. The van der Waals surface area contributed by atoms with Crippen LogP contribution < -0.4 is 5.32 Å². The molecule has 0 aromatic heterocycles. The molecule has 1 saturated carbocycles. The highest BCUT2D eigenvalue weighted by atomic mass is 35.5. The lowest BCUT2D eigenvalue weighted by atomic mass is 9.81. The van der Waals surface area contributed by atoms with E-state index in [9.17, 15) is 0 Å². The van der Waals surface area contributed by atoms with Gasteiger partial charge in [0.25, 0.3) is 0 Å². The van der Waals surface area contributed by atoms with Crippen LogP contribution in [0.25, 0.3) is 0 Å². The average Bonchev–Trinajstić information content (AvgIpc) is 2.96. The van der Waals surface area contributed by atoms with Crippen LogP contribution in [-0.2, 0) is 0 Å². The number of likely N-dealkylation sites (N-methyl/N-ethyl adjacent to an activating group) is 2. The monoisotopic (exact) mass is 308 g/mol. The van der Waals surface area contributed by atoms with E-state index in [4.69, 9.17) is 11.6 Å². The predicted octanol–water partition coefficient (Wildman–Crippen LogP) is 4.65. The van der Waals surface area contributed by atoms with Crippen molar-refractivity contribution in [1.29, 1.82) is 0 Å². The summed E-state index contributed by atoms with van der Waals surface area (Å²) in [7, 11) is 0. The standard InChI is InChI=1S/C18H29ClN2/c1-4-20-17(15-10-9-11-16(19)14-15)18(12-7-8-13-18)21(5-2)6-3/h9-11,14,17,20H,4-8,12-13H2,1-3H3. The Morgan fingerprint density at radius 3 is 2.38 bits per heavy atom. The minimum atomic E-state index is 0.240. The Morgan fingerprint density at radius 2 is 1.86 bits per heavy atom. The van der Waals surface area contributed by atoms with Gasteiger partial charge >= 0.3 is 0 Å². The van der Waals surface area contributed by atoms with Crippen LogP contribution in [0.1, 0.15) is 58.1 Å². The van der Waals surface area contributed by atoms with Crippen LogP contribution in [0.4, 0.5) is 0 Å². The second-order valence-corrected chi connectivity index (χ2v) is 6.47. The third kappa shape index (κ3) is 3.44. The number of hydrogen-bond donors (Lipinski definition) is 1. The molecule has 0 bridgehead atoms. The first kappa shape index (κ1) is 16.8. The summed E-state index contributed by atoms with van der Waals surface area (Å²) < 4.78 is 0. The van der Waals surface area contributed by atoms with Crippen LogP contribution in [0.15, 0.2) is 24.3 Å². The molecule has 0 spiro atoms. The van der Waals surface area contributed by atoms with Gasteiger partial charge in [-0.25, -0.2) is 0 Å². The van der Waals surface area contributed by atoms with Gasteiger partial charge in [0, 0.05) is 10.6 Å². The maximum absolute atomic E-state index is 6.25. The minimum absolute atomic E-state index is 0.240. The van der Waals surface area contributed by atoms with Gasteiger partial charge in [0.2, 0.25) is 0 Å². The molecule has 0 radical (unpaired) electrons. The first-order chi connectivity index (χ1) is 10.2. The Labute approximate surface area is 134 Å². The van der Waals surface area contributed by atoms with Crippen molar-refractivity contribution in [1.82, 2.24) is 10.2 Å². The van der Waals surface area contributed by atoms with Crippen LogP contribution in [-0.4, -0.2) is 30.1 Å². The zero-order chi connectivity index (χ0) is 15.3. The average molecular weight is 309 g/mol. The molecule has 2 rings (SSSR count). The van der Waals surface area contributed by atoms with E-state index in [1.54, 1.807) is 0 Å². The molecule has 0 aliphatic heterocycles. The number of nitrogens with zero attached hydrogens (tertiary/aromatic N) is 1. The van der Waals surface area contributed by atoms with Crippen molar-refractivity contribution in [2.24, 2.45) is 0 Å². The summed E-state index contributed by atoms with van der Waals surface area (Å²) in [6, 6.07) is 8.77. The van der Waals surface area contributed by atoms with Crippen LogP contribution in [0, 0.1) is 0 Å². The van der Waals surface area contributed by atoms with E-state index in [1.807, 2.05) is 6.07 Å². The Hall–Kier alpha value is -0.570. The van der Waals surface area contributed by atoms with Crippen molar-refractivity contribution in [2.45, 2.75) is 58.0 Å². The fourth-order valence-electron chi connectivity index (χ4n) is 4.14. The zero-order valence-corrected chi connectivity index (χ0v) is 14.4. The number of benzene rings is 1. The number of halogens is 1. The number of hydrogen-bond acceptors (Lipinski definition) is 2. The normalized spacial score (nSPS) is 19.1. The largest absolute Gasteiger partial charge is 0.309 e. The fraction of sp³-hybridized carbons (Fsp3) is 0.667. The quantitative estimate of drug-likeness (QED) is 0.789. The van der Waals surface area contributed by atoms with Gasteiger partial charge in [0.05, 0.1) is 6.04 Å². The van der Waals surface area contributed by atoms with E-state index in [0.29, 0.717) is 6.04 Å². The molecular weight excluding hydrogens is 280 g/mol. The summed E-state index contributed by atoms with van der Waals surface area (Å²) in [6.45, 7) is 9.97. The molecule has 1 fully saturated rings. The second kappa shape index (κ2) is 7.62. The highest BCUT2D eigenvalue weighted by Gasteiger charge is 2.45. The summed E-state index contributed by atoms with van der Waals surface area (Å²) in [4.78, 5) is 2.66. The van der Waals surface area contributed by atoms with Crippen LogP contribution in [0.2, 0.25) is 5.02 Å². The molecular formula is C18H29ClN2. The molecule has 1 aliphatic carbocycles. The van der Waals surface area contributed by atoms with Gasteiger partial charge in [-0.2, -0.15) is 0 Å². The highest BCUT2D eigenvalue weighted by molar-refractivity contribution is 6.30. The molecule has 118 valence electrons. The Bertz CT molecular complexity index is 437. The Balaban J connectivity index is 2.41. The minimum Gasteiger partial charge on any atom is -0.309 e. The van der Waals surface area contributed by atoms with Gasteiger partial charge < -0.3 is 5.32 Å². The topological polar surface area (TPSA) is 15.3 Å². The maximum atomic E-state index is 6.25. The SMILES string of the molecule is CCNC(c1cccc(Cl)c1)C1(N(CC)CC)CCCC1. The lowest BCUT2D eigenvalue weighted by Crippen LogP contribution is -2.55. The molecule has 0 saturated heterocycles. The number of rotatable bonds is 7. The predicted molar refractivity (Wildman–Crippen MR) is 92.0 cm³/mol. The van der Waals surface area contributed by atoms with Gasteiger partial charge in [0.15, 0.2) is 0 Å². The molecule has 21 heavy (non-hydrogen) atoms. The van der Waals surface area contributed by atoms with Gasteiger partial charge in [-0.1, -0.05) is 57.3 Å². The first-order valence-corrected chi connectivity index (χ1v) is 8.79. The van der Waals surface area contributed by atoms with Crippen molar-refractivity contribution in [3.05, 3.63) is 34.9 Å². The molecule has 0 amide bonds. The van der Waals surface area contributed by atoms with E-state index in [-0.39, 0.29) is 5.54 Å². The summed E-state index contributed by atoms with van der Waals surface area (Å²) in [5, 5.41) is 4.59. The molecule has 2 nitrogen and oxygen atoms in total. The van der Waals surface area contributed by atoms with Gasteiger partial charge in [-0.05, 0) is 50.2 Å². The summed E-state index contributed by atoms with van der Waals surface area (Å²) in [5.74, 6) is 0. The van der Waals surface area contributed by atoms with E-state index in [1.165, 1.54) is 31.2 Å². The van der Waals surface area contributed by atoms with Crippen LogP contribution >= 0.6 is 11.6 Å². The smallest absolute Gasteiger partial charge is 0.0507 e. The highest BCUT2D eigenvalue weighted by Crippen LogP contribution is 2.44. The van der Waals surface area contributed by atoms with Gasteiger partial charge in [0.1, 0.15) is 0 Å². The lowest BCUT2D eigenvalue weighted by Gasteiger charge is -2.47. The molecule has 1 N–H and O–H groups in total. The molecule has 0 heterocycles. The van der Waals surface area contributed by atoms with Crippen LogP contribution in [0.3, 0.4) is 0 Å². The second-order valence-electron chi connectivity index (χ2n) is 6.03. The summed E-state index contributed by atoms with van der Waals surface area (Å²) in [6.07, 6.45) is 5.22. The first-order valence-electron chi connectivity index (χ1n) is 8.41. The van der Waals surface area contributed by atoms with Crippen molar-refractivity contribution >= 4 is 11.6 Å². The summed E-state index contributed by atoms with van der Waals surface area (Å²) in [5.41, 5.74) is 1.57. The number of nitrogens with one attached hydrogen (secondary N) is 1. The van der Waals surface area contributed by atoms with E-state index >= 15 is 0 Å². The van der Waals surface area contributed by atoms with E-state index < -0.39 is 0 Å². The molecule has 3 heteroatoms. The molecule has 1 aromatic rings. The molecule has 1 atom stereocenters. The van der Waals surface area contributed by atoms with E-state index in [0.717, 1.165) is 24.7 Å². The maximum Gasteiger partial charge on any atom is 0.0507 e. The zero-order valence-electron chi connectivity index (χ0n) is 13.7. The van der Waals surface area contributed by atoms with Crippen molar-refractivity contribution < 1.29 is 0 Å². The third-order valence-corrected chi connectivity index (χ3v) is 5.23. The van der Waals surface area contributed by atoms with Gasteiger partial charge in [-0.3, -0.25) is 4.90 Å². The van der Waals surface area contributed by atoms with Crippen molar-refractivity contribution in [3.8, 4) is 0 Å².